The lowest BCUT2D eigenvalue weighted by atomic mass is 10.1. The van der Waals surface area contributed by atoms with Gasteiger partial charge >= 0.3 is 12.0 Å². The summed E-state index contributed by atoms with van der Waals surface area (Å²) in [6, 6.07) is 6.68. The van der Waals surface area contributed by atoms with Gasteiger partial charge in [0.05, 0.1) is 7.11 Å². The molecule has 0 radical (unpaired) electrons. The van der Waals surface area contributed by atoms with Gasteiger partial charge in [-0.05, 0) is 36.5 Å². The quantitative estimate of drug-likeness (QED) is 0.759. The van der Waals surface area contributed by atoms with Crippen LogP contribution in [0.2, 0.25) is 0 Å². The van der Waals surface area contributed by atoms with Gasteiger partial charge in [0.1, 0.15) is 6.04 Å². The Balaban J connectivity index is 2.58. The zero-order valence-electron chi connectivity index (χ0n) is 13.8. The monoisotopic (exact) mass is 306 g/mol. The van der Waals surface area contributed by atoms with Gasteiger partial charge < -0.3 is 15.4 Å². The SMILES string of the molecule is CCCCc1ccc(NC(=O)NC(C(=O)OC)C(C)C)cc1. The summed E-state index contributed by atoms with van der Waals surface area (Å²) >= 11 is 0. The van der Waals surface area contributed by atoms with Crippen molar-refractivity contribution in [1.82, 2.24) is 5.32 Å². The number of benzene rings is 1. The van der Waals surface area contributed by atoms with E-state index in [0.29, 0.717) is 5.69 Å². The number of hydrogen-bond donors (Lipinski definition) is 2. The molecule has 2 N–H and O–H groups in total. The van der Waals surface area contributed by atoms with Crippen LogP contribution in [0, 0.1) is 5.92 Å². The van der Waals surface area contributed by atoms with E-state index in [-0.39, 0.29) is 5.92 Å². The number of hydrogen-bond acceptors (Lipinski definition) is 3. The van der Waals surface area contributed by atoms with Crippen LogP contribution in [0.15, 0.2) is 24.3 Å². The van der Waals surface area contributed by atoms with E-state index in [1.165, 1.54) is 12.7 Å². The second-order valence-corrected chi connectivity index (χ2v) is 5.64. The molecule has 0 aromatic heterocycles. The molecule has 5 heteroatoms. The van der Waals surface area contributed by atoms with Crippen molar-refractivity contribution in [3.05, 3.63) is 29.8 Å². The molecule has 0 aliphatic rings. The molecule has 22 heavy (non-hydrogen) atoms. The Morgan fingerprint density at radius 3 is 2.32 bits per heavy atom. The third kappa shape index (κ3) is 5.76. The van der Waals surface area contributed by atoms with E-state index >= 15 is 0 Å². The maximum absolute atomic E-state index is 12.0. The highest BCUT2D eigenvalue weighted by Crippen LogP contribution is 2.12. The fourth-order valence-electron chi connectivity index (χ4n) is 2.07. The first-order valence-corrected chi connectivity index (χ1v) is 7.72. The highest BCUT2D eigenvalue weighted by molar-refractivity contribution is 5.92. The first kappa shape index (κ1) is 18.0. The first-order chi connectivity index (χ1) is 10.5. The predicted molar refractivity (Wildman–Crippen MR) is 87.9 cm³/mol. The van der Waals surface area contributed by atoms with Crippen LogP contribution in [0.5, 0.6) is 0 Å². The van der Waals surface area contributed by atoms with Crippen molar-refractivity contribution in [1.29, 1.82) is 0 Å². The smallest absolute Gasteiger partial charge is 0.328 e. The fourth-order valence-corrected chi connectivity index (χ4v) is 2.07. The van der Waals surface area contributed by atoms with Gasteiger partial charge in [-0.2, -0.15) is 0 Å². The van der Waals surface area contributed by atoms with Crippen molar-refractivity contribution < 1.29 is 14.3 Å². The number of nitrogens with one attached hydrogen (secondary N) is 2. The Kier molecular flexibility index (Phi) is 7.43. The molecule has 0 saturated heterocycles. The van der Waals surface area contributed by atoms with Gasteiger partial charge in [-0.3, -0.25) is 0 Å². The normalized spacial score (nSPS) is 11.9. The zero-order valence-corrected chi connectivity index (χ0v) is 13.8. The van der Waals surface area contributed by atoms with Gasteiger partial charge in [0.25, 0.3) is 0 Å². The van der Waals surface area contributed by atoms with Gasteiger partial charge in [0, 0.05) is 5.69 Å². The number of urea groups is 1. The van der Waals surface area contributed by atoms with E-state index in [1.807, 2.05) is 38.1 Å². The van der Waals surface area contributed by atoms with Crippen LogP contribution in [-0.4, -0.2) is 25.2 Å². The van der Waals surface area contributed by atoms with E-state index in [2.05, 4.69) is 17.6 Å². The lowest BCUT2D eigenvalue weighted by Gasteiger charge is -2.20. The molecular formula is C17H26N2O3. The standard InChI is InChI=1S/C17H26N2O3/c1-5-6-7-13-8-10-14(11-9-13)18-17(21)19-15(12(2)3)16(20)22-4/h8-12,15H,5-7H2,1-4H3,(H2,18,19,21). The van der Waals surface area contributed by atoms with Crippen molar-refractivity contribution in [2.45, 2.75) is 46.1 Å². The minimum Gasteiger partial charge on any atom is -0.467 e. The summed E-state index contributed by atoms with van der Waals surface area (Å²) in [4.78, 5) is 23.6. The van der Waals surface area contributed by atoms with Gasteiger partial charge in [0.2, 0.25) is 0 Å². The third-order valence-electron chi connectivity index (χ3n) is 3.44. The van der Waals surface area contributed by atoms with E-state index in [1.54, 1.807) is 0 Å². The summed E-state index contributed by atoms with van der Waals surface area (Å²) in [5, 5.41) is 5.37. The molecule has 122 valence electrons. The van der Waals surface area contributed by atoms with Gasteiger partial charge in [-0.1, -0.05) is 39.3 Å². The third-order valence-corrected chi connectivity index (χ3v) is 3.44. The molecular weight excluding hydrogens is 280 g/mol. The molecule has 0 saturated carbocycles. The molecule has 0 aliphatic heterocycles. The van der Waals surface area contributed by atoms with Crippen LogP contribution in [-0.2, 0) is 16.0 Å². The maximum Gasteiger partial charge on any atom is 0.328 e. The fraction of sp³-hybridized carbons (Fsp3) is 0.529. The molecule has 1 atom stereocenters. The Morgan fingerprint density at radius 1 is 1.18 bits per heavy atom. The molecule has 2 amide bonds. The topological polar surface area (TPSA) is 67.4 Å². The van der Waals surface area contributed by atoms with Crippen molar-refractivity contribution in [2.75, 3.05) is 12.4 Å². The second-order valence-electron chi connectivity index (χ2n) is 5.64. The molecule has 0 spiro atoms. The van der Waals surface area contributed by atoms with E-state index in [9.17, 15) is 9.59 Å². The van der Waals surface area contributed by atoms with E-state index in [4.69, 9.17) is 4.74 Å². The molecule has 0 fully saturated rings. The average molecular weight is 306 g/mol. The number of carbonyl (C=O) groups is 2. The number of aryl methyl sites for hydroxylation is 1. The van der Waals surface area contributed by atoms with Crippen molar-refractivity contribution >= 4 is 17.7 Å². The molecule has 0 bridgehead atoms. The zero-order chi connectivity index (χ0) is 16.5. The minimum atomic E-state index is -0.658. The summed E-state index contributed by atoms with van der Waals surface area (Å²) in [7, 11) is 1.31. The number of anilines is 1. The number of esters is 1. The molecule has 0 aliphatic carbocycles. The number of ether oxygens (including phenoxy) is 1. The number of unbranched alkanes of at least 4 members (excludes halogenated alkanes) is 1. The molecule has 1 aromatic carbocycles. The highest BCUT2D eigenvalue weighted by Gasteiger charge is 2.24. The average Bonchev–Trinajstić information content (AvgIpc) is 2.51. The lowest BCUT2D eigenvalue weighted by Crippen LogP contribution is -2.46. The Labute approximate surface area is 132 Å². The van der Waals surface area contributed by atoms with Crippen molar-refractivity contribution in [2.24, 2.45) is 5.92 Å². The molecule has 1 unspecified atom stereocenters. The number of methoxy groups -OCH3 is 1. The summed E-state index contributed by atoms with van der Waals surface area (Å²) in [6.07, 6.45) is 3.36. The lowest BCUT2D eigenvalue weighted by molar-refractivity contribution is -0.143. The van der Waals surface area contributed by atoms with Crippen LogP contribution >= 0.6 is 0 Å². The van der Waals surface area contributed by atoms with Crippen LogP contribution in [0.4, 0.5) is 10.5 Å². The van der Waals surface area contributed by atoms with Crippen LogP contribution in [0.1, 0.15) is 39.2 Å². The maximum atomic E-state index is 12.0. The Morgan fingerprint density at radius 2 is 1.82 bits per heavy atom. The minimum absolute atomic E-state index is 0.0466. The Hall–Kier alpha value is -2.04. The molecule has 5 nitrogen and oxygen atoms in total. The van der Waals surface area contributed by atoms with Crippen molar-refractivity contribution in [3.8, 4) is 0 Å². The van der Waals surface area contributed by atoms with Crippen LogP contribution < -0.4 is 10.6 Å². The van der Waals surface area contributed by atoms with Crippen LogP contribution in [0.25, 0.3) is 0 Å². The van der Waals surface area contributed by atoms with Gasteiger partial charge in [-0.25, -0.2) is 9.59 Å². The summed E-state index contributed by atoms with van der Waals surface area (Å²) in [5.74, 6) is -0.491. The largest absolute Gasteiger partial charge is 0.467 e. The number of amides is 2. The van der Waals surface area contributed by atoms with Gasteiger partial charge in [-0.15, -0.1) is 0 Å². The summed E-state index contributed by atoms with van der Waals surface area (Å²) < 4.78 is 4.70. The van der Waals surface area contributed by atoms with Crippen molar-refractivity contribution in [3.63, 3.8) is 0 Å². The van der Waals surface area contributed by atoms with E-state index < -0.39 is 18.0 Å². The summed E-state index contributed by atoms with van der Waals surface area (Å²) in [5.41, 5.74) is 1.95. The number of carbonyl (C=O) groups excluding carboxylic acids is 2. The first-order valence-electron chi connectivity index (χ1n) is 7.72. The molecule has 1 aromatic rings. The molecule has 1 rings (SSSR count). The highest BCUT2D eigenvalue weighted by atomic mass is 16.5. The predicted octanol–water partition coefficient (Wildman–Crippen LogP) is 3.35. The van der Waals surface area contributed by atoms with E-state index in [0.717, 1.165) is 19.3 Å². The number of rotatable bonds is 7. The second kappa shape index (κ2) is 9.07. The van der Waals surface area contributed by atoms with Crippen LogP contribution in [0.3, 0.4) is 0 Å². The summed E-state index contributed by atoms with van der Waals surface area (Å²) in [6.45, 7) is 5.86. The van der Waals surface area contributed by atoms with Gasteiger partial charge in [0.15, 0.2) is 0 Å². The molecule has 0 heterocycles. The Bertz CT molecular complexity index is 483.